The number of aliphatic carboxylic acids is 1. The maximum Gasteiger partial charge on any atom is 0.317 e. The molecule has 0 aliphatic heterocycles. The molecule has 27 heavy (non-hydrogen) atoms. The summed E-state index contributed by atoms with van der Waals surface area (Å²) >= 11 is 0. The van der Waals surface area contributed by atoms with Crippen molar-refractivity contribution in [2.24, 2.45) is 0 Å². The van der Waals surface area contributed by atoms with Crippen LogP contribution >= 0.6 is 0 Å². The van der Waals surface area contributed by atoms with Gasteiger partial charge in [0.1, 0.15) is 11.5 Å². The Balaban J connectivity index is 1.40. The second-order valence-corrected chi connectivity index (χ2v) is 6.74. The van der Waals surface area contributed by atoms with Crippen LogP contribution in [-0.2, 0) is 11.3 Å². The molecule has 144 valence electrons. The number of nitrogens with one attached hydrogen (secondary N) is 2. The van der Waals surface area contributed by atoms with E-state index in [1.165, 1.54) is 0 Å². The molecule has 0 bridgehead atoms. The summed E-state index contributed by atoms with van der Waals surface area (Å²) in [6, 6.07) is 13.6. The average Bonchev–Trinajstić information content (AvgIpc) is 3.10. The number of hydrogen-bond acceptors (Lipinski definition) is 4. The fraction of sp³-hybridized carbons (Fsp3) is 0.400. The number of benzene rings is 1. The monoisotopic (exact) mass is 371 g/mol. The van der Waals surface area contributed by atoms with Crippen LogP contribution in [0.15, 0.2) is 46.9 Å². The second-order valence-electron chi connectivity index (χ2n) is 6.74. The van der Waals surface area contributed by atoms with Crippen molar-refractivity contribution in [3.8, 4) is 11.3 Å². The first-order valence-corrected chi connectivity index (χ1v) is 9.19. The van der Waals surface area contributed by atoms with Gasteiger partial charge in [0.05, 0.1) is 13.1 Å². The van der Waals surface area contributed by atoms with Crippen molar-refractivity contribution < 1.29 is 19.1 Å². The molecule has 0 atom stereocenters. The van der Waals surface area contributed by atoms with E-state index in [1.807, 2.05) is 54.3 Å². The Hall–Kier alpha value is -2.80. The molecule has 1 saturated carbocycles. The predicted molar refractivity (Wildman–Crippen MR) is 101 cm³/mol. The minimum atomic E-state index is -0.820. The topological polar surface area (TPSA) is 94.8 Å². The average molecular weight is 371 g/mol. The number of rotatable bonds is 8. The Morgan fingerprint density at radius 1 is 1.19 bits per heavy atom. The molecular formula is C20H25N3O4. The Bertz CT molecular complexity index is 769. The third-order valence-corrected chi connectivity index (χ3v) is 4.85. The summed E-state index contributed by atoms with van der Waals surface area (Å²) in [6.07, 6.45) is 1.54. The number of likely N-dealkylation sites (N-methyl/N-ethyl adjacent to an activating group) is 1. The van der Waals surface area contributed by atoms with E-state index in [9.17, 15) is 9.59 Å². The van der Waals surface area contributed by atoms with Gasteiger partial charge in [-0.2, -0.15) is 0 Å². The molecule has 1 fully saturated rings. The fourth-order valence-corrected chi connectivity index (χ4v) is 3.31. The molecule has 0 spiro atoms. The number of furan rings is 1. The molecule has 7 heteroatoms. The Kier molecular flexibility index (Phi) is 6.13. The molecule has 1 aliphatic carbocycles. The van der Waals surface area contributed by atoms with Gasteiger partial charge in [-0.15, -0.1) is 0 Å². The van der Waals surface area contributed by atoms with Gasteiger partial charge in [-0.25, -0.2) is 4.79 Å². The molecule has 1 aliphatic rings. The Morgan fingerprint density at radius 3 is 2.59 bits per heavy atom. The molecule has 1 aromatic heterocycles. The van der Waals surface area contributed by atoms with Crippen LogP contribution in [0.4, 0.5) is 4.79 Å². The molecule has 1 aromatic carbocycles. The van der Waals surface area contributed by atoms with Crippen LogP contribution in [0.1, 0.15) is 25.5 Å². The number of amides is 2. The van der Waals surface area contributed by atoms with Gasteiger partial charge in [0.15, 0.2) is 0 Å². The van der Waals surface area contributed by atoms with E-state index in [0.29, 0.717) is 18.8 Å². The van der Waals surface area contributed by atoms with E-state index in [4.69, 9.17) is 9.52 Å². The quantitative estimate of drug-likeness (QED) is 0.663. The maximum atomic E-state index is 12.0. The minimum Gasteiger partial charge on any atom is -0.480 e. The van der Waals surface area contributed by atoms with Crippen molar-refractivity contribution in [1.82, 2.24) is 15.5 Å². The van der Waals surface area contributed by atoms with Gasteiger partial charge in [-0.05, 0) is 31.5 Å². The summed E-state index contributed by atoms with van der Waals surface area (Å²) in [5.41, 5.74) is 0.996. The van der Waals surface area contributed by atoms with E-state index in [2.05, 4.69) is 10.6 Å². The largest absolute Gasteiger partial charge is 0.480 e. The highest BCUT2D eigenvalue weighted by Crippen LogP contribution is 2.25. The first-order valence-electron chi connectivity index (χ1n) is 9.19. The SMILES string of the molecule is CCN(CC(=O)O)C1CC(NC(=O)NCc2ccc(-c3ccccc3)o2)C1. The van der Waals surface area contributed by atoms with Gasteiger partial charge < -0.3 is 20.2 Å². The van der Waals surface area contributed by atoms with E-state index in [0.717, 1.165) is 24.2 Å². The van der Waals surface area contributed by atoms with Gasteiger partial charge in [0, 0.05) is 17.6 Å². The number of carboxylic acids is 1. The highest BCUT2D eigenvalue weighted by molar-refractivity contribution is 5.74. The van der Waals surface area contributed by atoms with Crippen LogP contribution in [0.5, 0.6) is 0 Å². The smallest absolute Gasteiger partial charge is 0.317 e. The van der Waals surface area contributed by atoms with Gasteiger partial charge in [0.25, 0.3) is 0 Å². The number of hydrogen-bond donors (Lipinski definition) is 3. The van der Waals surface area contributed by atoms with Crippen LogP contribution in [0, 0.1) is 0 Å². The van der Waals surface area contributed by atoms with Gasteiger partial charge in [-0.3, -0.25) is 9.69 Å². The lowest BCUT2D eigenvalue weighted by atomic mass is 9.85. The normalized spacial score (nSPS) is 18.7. The van der Waals surface area contributed by atoms with E-state index in [-0.39, 0.29) is 24.7 Å². The van der Waals surface area contributed by atoms with Crippen molar-refractivity contribution in [2.45, 2.75) is 38.4 Å². The number of nitrogens with zero attached hydrogens (tertiary/aromatic N) is 1. The van der Waals surface area contributed by atoms with Crippen molar-refractivity contribution in [1.29, 1.82) is 0 Å². The zero-order valence-electron chi connectivity index (χ0n) is 15.4. The lowest BCUT2D eigenvalue weighted by Gasteiger charge is -2.42. The zero-order chi connectivity index (χ0) is 19.2. The summed E-state index contributed by atoms with van der Waals surface area (Å²) in [5, 5.41) is 14.6. The molecule has 2 aromatic rings. The van der Waals surface area contributed by atoms with Crippen LogP contribution in [0.2, 0.25) is 0 Å². The summed E-state index contributed by atoms with van der Waals surface area (Å²) in [4.78, 5) is 24.8. The molecule has 2 amide bonds. The molecule has 0 unspecified atom stereocenters. The molecule has 3 N–H and O–H groups in total. The molecular weight excluding hydrogens is 346 g/mol. The van der Waals surface area contributed by atoms with Gasteiger partial charge >= 0.3 is 12.0 Å². The first kappa shape index (κ1) is 19.0. The second kappa shape index (κ2) is 8.73. The van der Waals surface area contributed by atoms with Crippen LogP contribution < -0.4 is 10.6 Å². The predicted octanol–water partition coefficient (Wildman–Crippen LogP) is 2.68. The van der Waals surface area contributed by atoms with E-state index in [1.54, 1.807) is 0 Å². The highest BCUT2D eigenvalue weighted by Gasteiger charge is 2.34. The first-order chi connectivity index (χ1) is 13.0. The van der Waals surface area contributed by atoms with Gasteiger partial charge in [-0.1, -0.05) is 37.3 Å². The Morgan fingerprint density at radius 2 is 1.93 bits per heavy atom. The summed E-state index contributed by atoms with van der Waals surface area (Å²) in [6.45, 7) is 3.00. The van der Waals surface area contributed by atoms with Crippen molar-refractivity contribution in [3.63, 3.8) is 0 Å². The number of carboxylic acid groups (broad SMARTS) is 1. The van der Waals surface area contributed by atoms with Crippen molar-refractivity contribution in [2.75, 3.05) is 13.1 Å². The molecule has 1 heterocycles. The fourth-order valence-electron chi connectivity index (χ4n) is 3.31. The van der Waals surface area contributed by atoms with Gasteiger partial charge in [0.2, 0.25) is 0 Å². The van der Waals surface area contributed by atoms with Crippen LogP contribution in [-0.4, -0.2) is 47.2 Å². The third-order valence-electron chi connectivity index (χ3n) is 4.85. The highest BCUT2D eigenvalue weighted by atomic mass is 16.4. The van der Waals surface area contributed by atoms with Crippen molar-refractivity contribution >= 4 is 12.0 Å². The number of urea groups is 1. The summed E-state index contributed by atoms with van der Waals surface area (Å²) in [5.74, 6) is 0.640. The molecule has 7 nitrogen and oxygen atoms in total. The lowest BCUT2D eigenvalue weighted by Crippen LogP contribution is -2.56. The zero-order valence-corrected chi connectivity index (χ0v) is 15.4. The summed E-state index contributed by atoms with van der Waals surface area (Å²) < 4.78 is 5.76. The number of carbonyl (C=O) groups is 2. The summed E-state index contributed by atoms with van der Waals surface area (Å²) in [7, 11) is 0. The number of carbonyl (C=O) groups excluding carboxylic acids is 1. The minimum absolute atomic E-state index is 0.0440. The third kappa shape index (κ3) is 5.10. The van der Waals surface area contributed by atoms with Crippen molar-refractivity contribution in [3.05, 3.63) is 48.2 Å². The Labute approximate surface area is 158 Å². The van der Waals surface area contributed by atoms with Crippen LogP contribution in [0.25, 0.3) is 11.3 Å². The maximum absolute atomic E-state index is 12.0. The lowest BCUT2D eigenvalue weighted by molar-refractivity contribution is -0.139. The molecule has 0 saturated heterocycles. The van der Waals surface area contributed by atoms with E-state index < -0.39 is 5.97 Å². The van der Waals surface area contributed by atoms with Crippen LogP contribution in [0.3, 0.4) is 0 Å². The van der Waals surface area contributed by atoms with E-state index >= 15 is 0 Å². The molecule has 3 rings (SSSR count). The molecule has 0 radical (unpaired) electrons. The standard InChI is InChI=1S/C20H25N3O4/c1-2-23(13-19(24)25)16-10-15(11-16)22-20(26)21-12-17-8-9-18(27-17)14-6-4-3-5-7-14/h3-9,15-16H,2,10-13H2,1H3,(H,24,25)(H2,21,22,26).